The fourth-order valence-corrected chi connectivity index (χ4v) is 4.55. The van der Waals surface area contributed by atoms with Crippen molar-refractivity contribution in [3.8, 4) is 23.8 Å². The Bertz CT molecular complexity index is 1090. The number of carbonyl (C=O) groups is 2. The number of carboxylic acids is 1. The molecular weight excluding hydrogens is 430 g/mol. The van der Waals surface area contributed by atoms with E-state index in [1.165, 1.54) is 6.08 Å². The lowest BCUT2D eigenvalue weighted by molar-refractivity contribution is -0.145. The summed E-state index contributed by atoms with van der Waals surface area (Å²) in [6.07, 6.45) is 5.43. The molecule has 1 aliphatic carbocycles. The minimum absolute atomic E-state index is 0.501. The predicted octanol–water partition coefficient (Wildman–Crippen LogP) is 5.29. The molecule has 1 N–H and O–H groups in total. The zero-order valence-corrected chi connectivity index (χ0v) is 18.2. The van der Waals surface area contributed by atoms with Gasteiger partial charge < -0.3 is 14.6 Å². The van der Waals surface area contributed by atoms with Crippen LogP contribution >= 0.6 is 0 Å². The van der Waals surface area contributed by atoms with Crippen LogP contribution in [0.2, 0.25) is 0 Å². The summed E-state index contributed by atoms with van der Waals surface area (Å²) in [6, 6.07) is 16.0. The third-order valence-corrected chi connectivity index (χ3v) is 6.17. The van der Waals surface area contributed by atoms with Gasteiger partial charge in [-0.25, -0.2) is 13.6 Å². The van der Waals surface area contributed by atoms with E-state index in [2.05, 4.69) is 10.7 Å². The number of benzene rings is 2. The third kappa shape index (κ3) is 4.61. The van der Waals surface area contributed by atoms with Crippen LogP contribution in [0.15, 0.2) is 66.7 Å². The van der Waals surface area contributed by atoms with E-state index in [1.807, 2.05) is 18.2 Å². The minimum Gasteiger partial charge on any atom is -0.481 e. The Morgan fingerprint density at radius 2 is 1.82 bits per heavy atom. The van der Waals surface area contributed by atoms with Crippen LogP contribution < -0.4 is 4.74 Å². The molecule has 3 atom stereocenters. The summed E-state index contributed by atoms with van der Waals surface area (Å²) in [6.45, 7) is 2.47. The van der Waals surface area contributed by atoms with Crippen LogP contribution in [0.5, 0.6) is 11.5 Å². The van der Waals surface area contributed by atoms with Gasteiger partial charge in [0.1, 0.15) is 11.5 Å². The van der Waals surface area contributed by atoms with Crippen LogP contribution in [0.3, 0.4) is 0 Å². The largest absolute Gasteiger partial charge is 0.481 e. The molecule has 2 aromatic rings. The van der Waals surface area contributed by atoms with Crippen LogP contribution in [-0.4, -0.2) is 30.1 Å². The molecule has 0 bridgehead atoms. The lowest BCUT2D eigenvalue weighted by atomic mass is 9.78. The van der Waals surface area contributed by atoms with Gasteiger partial charge in [0.15, 0.2) is 6.61 Å². The second-order valence-corrected chi connectivity index (χ2v) is 8.34. The quantitative estimate of drug-likeness (QED) is 0.317. The molecular formula is C26H24F2O5. The van der Waals surface area contributed by atoms with E-state index in [0.717, 1.165) is 6.08 Å². The van der Waals surface area contributed by atoms with E-state index in [1.54, 1.807) is 50.2 Å². The Labute approximate surface area is 191 Å². The number of para-hydroxylation sites is 1. The fraction of sp³-hybridized carbons (Fsp3) is 0.308. The van der Waals surface area contributed by atoms with Crippen molar-refractivity contribution in [2.45, 2.75) is 26.2 Å². The van der Waals surface area contributed by atoms with Crippen molar-refractivity contribution in [1.29, 1.82) is 0 Å². The lowest BCUT2D eigenvalue weighted by Crippen LogP contribution is -2.28. The molecule has 1 fully saturated rings. The summed E-state index contributed by atoms with van der Waals surface area (Å²) in [5.74, 6) is 0.205. The Hall–Kier alpha value is -3.66. The Morgan fingerprint density at radius 3 is 2.42 bits per heavy atom. The zero-order valence-electron chi connectivity index (χ0n) is 18.2. The van der Waals surface area contributed by atoms with Gasteiger partial charge in [-0.2, -0.15) is 0 Å². The Balaban J connectivity index is 1.90. The van der Waals surface area contributed by atoms with Gasteiger partial charge in [-0.05, 0) is 35.2 Å². The maximum absolute atomic E-state index is 12.5. The van der Waals surface area contributed by atoms with E-state index in [-0.39, 0.29) is 0 Å². The topological polar surface area (TPSA) is 72.8 Å². The SMILES string of the molecule is C#C[C@@H](c1cccc(Oc2ccccc2)c1)[C@]1(C(=O)O)[C@@H](/C=C\C(=O)OCC(F)F)C1(C)C. The monoisotopic (exact) mass is 454 g/mol. The smallest absolute Gasteiger partial charge is 0.330 e. The number of halogens is 2. The van der Waals surface area contributed by atoms with E-state index in [0.29, 0.717) is 17.1 Å². The predicted molar refractivity (Wildman–Crippen MR) is 118 cm³/mol. The van der Waals surface area contributed by atoms with E-state index in [4.69, 9.17) is 11.2 Å². The van der Waals surface area contributed by atoms with Crippen molar-refractivity contribution in [3.63, 3.8) is 0 Å². The first kappa shape index (κ1) is 24.0. The summed E-state index contributed by atoms with van der Waals surface area (Å²) in [4.78, 5) is 24.3. The highest BCUT2D eigenvalue weighted by molar-refractivity contribution is 5.86. The number of ether oxygens (including phenoxy) is 2. The van der Waals surface area contributed by atoms with E-state index < -0.39 is 47.6 Å². The lowest BCUT2D eigenvalue weighted by Gasteiger charge is -2.23. The standard InChI is InChI=1S/C26H24F2O5/c1-4-20(17-9-8-12-19(15-17)33-18-10-6-5-7-11-18)26(24(30)31)21(25(26,2)3)13-14-23(29)32-16-22(27)28/h1,5-15,20-22H,16H2,2-3H3,(H,30,31)/b14-13-/t20-,21-,26+/m0/s1. The van der Waals surface area contributed by atoms with Crippen LogP contribution in [0.4, 0.5) is 8.78 Å². The fourth-order valence-electron chi connectivity index (χ4n) is 4.55. The van der Waals surface area contributed by atoms with Gasteiger partial charge in [-0.1, -0.05) is 56.2 Å². The maximum Gasteiger partial charge on any atom is 0.330 e. The number of terminal acetylenes is 1. The molecule has 0 heterocycles. The normalized spacial score (nSPS) is 21.9. The number of hydrogen-bond donors (Lipinski definition) is 1. The molecule has 172 valence electrons. The highest BCUT2D eigenvalue weighted by Gasteiger charge is 2.77. The van der Waals surface area contributed by atoms with Crippen LogP contribution in [0.1, 0.15) is 25.3 Å². The highest BCUT2D eigenvalue weighted by Crippen LogP contribution is 2.75. The number of aliphatic carboxylic acids is 1. The molecule has 0 aromatic heterocycles. The molecule has 1 aliphatic rings. The minimum atomic E-state index is -2.78. The third-order valence-electron chi connectivity index (χ3n) is 6.17. The average molecular weight is 454 g/mol. The van der Waals surface area contributed by atoms with Crippen molar-refractivity contribution >= 4 is 11.9 Å². The second-order valence-electron chi connectivity index (χ2n) is 8.34. The first-order chi connectivity index (χ1) is 15.6. The Kier molecular flexibility index (Phi) is 6.87. The molecule has 3 rings (SSSR count). The highest BCUT2D eigenvalue weighted by atomic mass is 19.3. The molecule has 0 radical (unpaired) electrons. The van der Waals surface area contributed by atoms with Crippen LogP contribution in [0.25, 0.3) is 0 Å². The van der Waals surface area contributed by atoms with E-state index >= 15 is 0 Å². The molecule has 1 saturated carbocycles. The van der Waals surface area contributed by atoms with Crippen molar-refractivity contribution in [2.75, 3.05) is 6.61 Å². The molecule has 0 unspecified atom stereocenters. The zero-order chi connectivity index (χ0) is 24.2. The average Bonchev–Trinajstić information content (AvgIpc) is 3.27. The van der Waals surface area contributed by atoms with Crippen molar-refractivity contribution < 1.29 is 33.0 Å². The number of carboxylic acid groups (broad SMARTS) is 1. The van der Waals surface area contributed by atoms with Gasteiger partial charge in [0.05, 0.1) is 11.3 Å². The van der Waals surface area contributed by atoms with Gasteiger partial charge >= 0.3 is 11.9 Å². The first-order valence-electron chi connectivity index (χ1n) is 10.3. The van der Waals surface area contributed by atoms with Crippen LogP contribution in [-0.2, 0) is 14.3 Å². The van der Waals surface area contributed by atoms with E-state index in [9.17, 15) is 23.5 Å². The Morgan fingerprint density at radius 1 is 1.15 bits per heavy atom. The molecule has 33 heavy (non-hydrogen) atoms. The number of carbonyl (C=O) groups excluding carboxylic acids is 1. The summed E-state index contributed by atoms with van der Waals surface area (Å²) in [7, 11) is 0. The van der Waals surface area contributed by atoms with Crippen molar-refractivity contribution in [1.82, 2.24) is 0 Å². The molecule has 0 saturated heterocycles. The number of alkyl halides is 2. The van der Waals surface area contributed by atoms with Crippen molar-refractivity contribution in [2.24, 2.45) is 16.7 Å². The van der Waals surface area contributed by atoms with Gasteiger partial charge in [0.25, 0.3) is 6.43 Å². The number of hydrogen-bond acceptors (Lipinski definition) is 4. The summed E-state index contributed by atoms with van der Waals surface area (Å²) in [5, 5.41) is 10.2. The summed E-state index contributed by atoms with van der Waals surface area (Å²) in [5.41, 5.74) is -1.64. The summed E-state index contributed by atoms with van der Waals surface area (Å²) < 4.78 is 34.8. The molecule has 5 nitrogen and oxygen atoms in total. The molecule has 0 aliphatic heterocycles. The van der Waals surface area contributed by atoms with Crippen molar-refractivity contribution in [3.05, 3.63) is 72.3 Å². The van der Waals surface area contributed by atoms with Crippen LogP contribution in [0, 0.1) is 29.1 Å². The molecule has 7 heteroatoms. The van der Waals surface area contributed by atoms with Gasteiger partial charge in [-0.15, -0.1) is 6.42 Å². The molecule has 0 spiro atoms. The molecule has 2 aromatic carbocycles. The second kappa shape index (κ2) is 9.45. The summed E-state index contributed by atoms with van der Waals surface area (Å²) >= 11 is 0. The van der Waals surface area contributed by atoms with Gasteiger partial charge in [0, 0.05) is 12.0 Å². The number of esters is 1. The first-order valence-corrected chi connectivity index (χ1v) is 10.3. The maximum atomic E-state index is 12.5. The number of allylic oxidation sites excluding steroid dienone is 1. The number of rotatable bonds is 9. The van der Waals surface area contributed by atoms with Gasteiger partial charge in [0.2, 0.25) is 0 Å². The molecule has 0 amide bonds. The van der Waals surface area contributed by atoms with Gasteiger partial charge in [-0.3, -0.25) is 4.79 Å².